The van der Waals surface area contributed by atoms with Gasteiger partial charge in [0.2, 0.25) is 0 Å². The molecule has 1 aliphatic rings. The number of ether oxygens (including phenoxy) is 3. The van der Waals surface area contributed by atoms with Gasteiger partial charge in [-0.05, 0) is 50.6 Å². The lowest BCUT2D eigenvalue weighted by atomic mass is 10.1. The van der Waals surface area contributed by atoms with Crippen LogP contribution in [0.2, 0.25) is 0 Å². The monoisotopic (exact) mass is 482 g/mol. The number of hydrogen-bond donors (Lipinski definition) is 2. The van der Waals surface area contributed by atoms with E-state index in [-0.39, 0.29) is 34.6 Å². The molecular formula is C25H27FN4O5. The van der Waals surface area contributed by atoms with Gasteiger partial charge in [-0.3, -0.25) is 14.7 Å². The Morgan fingerprint density at radius 3 is 2.54 bits per heavy atom. The lowest BCUT2D eigenvalue weighted by molar-refractivity contribution is 0.0651. The van der Waals surface area contributed by atoms with Crippen LogP contribution in [0.1, 0.15) is 39.8 Å². The van der Waals surface area contributed by atoms with Gasteiger partial charge in [0, 0.05) is 49.2 Å². The van der Waals surface area contributed by atoms with Gasteiger partial charge < -0.3 is 24.4 Å². The van der Waals surface area contributed by atoms with Crippen molar-refractivity contribution < 1.29 is 28.2 Å². The smallest absolute Gasteiger partial charge is 0.257 e. The number of likely N-dealkylation sites (tertiary alicyclic amines) is 1. The number of H-pyrrole nitrogens is 1. The molecule has 3 aromatic rings. The quantitative estimate of drug-likeness (QED) is 0.474. The van der Waals surface area contributed by atoms with Crippen LogP contribution in [-0.4, -0.2) is 59.8 Å². The number of halogens is 1. The van der Waals surface area contributed by atoms with Crippen LogP contribution in [0.25, 0.3) is 0 Å². The summed E-state index contributed by atoms with van der Waals surface area (Å²) in [5.74, 6) is -0.520. The molecule has 4 rings (SSSR count). The fraction of sp³-hybridized carbons (Fsp3) is 0.320. The summed E-state index contributed by atoms with van der Waals surface area (Å²) in [6, 6.07) is 10.4. The number of carbonyl (C=O) groups excluding carboxylic acids is 2. The van der Waals surface area contributed by atoms with E-state index in [0.29, 0.717) is 31.3 Å². The number of aryl methyl sites for hydroxylation is 1. The third-order valence-electron chi connectivity index (χ3n) is 5.38. The second-order valence-corrected chi connectivity index (χ2v) is 8.36. The van der Waals surface area contributed by atoms with Crippen molar-refractivity contribution in [3.05, 3.63) is 65.1 Å². The Balaban J connectivity index is 1.58. The number of amides is 2. The molecule has 10 heteroatoms. The normalized spacial score (nSPS) is 13.7. The van der Waals surface area contributed by atoms with Crippen molar-refractivity contribution >= 4 is 17.6 Å². The molecule has 184 valence electrons. The fourth-order valence-corrected chi connectivity index (χ4v) is 3.55. The summed E-state index contributed by atoms with van der Waals surface area (Å²) in [7, 11) is 1.56. The van der Waals surface area contributed by atoms with Crippen molar-refractivity contribution in [2.75, 3.05) is 32.1 Å². The fourth-order valence-electron chi connectivity index (χ4n) is 3.55. The van der Waals surface area contributed by atoms with Gasteiger partial charge in [-0.1, -0.05) is 0 Å². The Morgan fingerprint density at radius 2 is 1.91 bits per heavy atom. The molecule has 0 radical (unpaired) electrons. The van der Waals surface area contributed by atoms with E-state index in [4.69, 9.17) is 14.2 Å². The Morgan fingerprint density at radius 1 is 1.14 bits per heavy atom. The van der Waals surface area contributed by atoms with Crippen LogP contribution < -0.4 is 14.8 Å². The van der Waals surface area contributed by atoms with Crippen molar-refractivity contribution in [1.29, 1.82) is 0 Å². The SMILES string of the molecule is COCC(C)Oc1cc(Oc2ccc(C(=O)N3CCC3)cc2F)cc(C(=O)Nc2cc(C)[nH]n2)c1. The maximum absolute atomic E-state index is 14.8. The minimum Gasteiger partial charge on any atom is -0.488 e. The summed E-state index contributed by atoms with van der Waals surface area (Å²) < 4.78 is 31.5. The molecule has 2 N–H and O–H groups in total. The summed E-state index contributed by atoms with van der Waals surface area (Å²) in [6.07, 6.45) is 0.649. The number of carbonyl (C=O) groups is 2. The van der Waals surface area contributed by atoms with Crippen molar-refractivity contribution in [3.8, 4) is 17.2 Å². The Hall–Kier alpha value is -3.92. The molecule has 0 spiro atoms. The van der Waals surface area contributed by atoms with Crippen molar-refractivity contribution in [2.24, 2.45) is 0 Å². The van der Waals surface area contributed by atoms with Crippen LogP contribution in [0.5, 0.6) is 17.2 Å². The minimum absolute atomic E-state index is 0.0819. The van der Waals surface area contributed by atoms with Crippen LogP contribution in [0.3, 0.4) is 0 Å². The number of nitrogens with one attached hydrogen (secondary N) is 2. The number of rotatable bonds is 9. The van der Waals surface area contributed by atoms with Gasteiger partial charge >= 0.3 is 0 Å². The van der Waals surface area contributed by atoms with Gasteiger partial charge in [0.25, 0.3) is 11.8 Å². The molecule has 1 unspecified atom stereocenters. The van der Waals surface area contributed by atoms with Crippen LogP contribution in [-0.2, 0) is 4.74 Å². The third kappa shape index (κ3) is 5.96. The number of hydrogen-bond acceptors (Lipinski definition) is 6. The molecule has 2 heterocycles. The number of aromatic amines is 1. The summed E-state index contributed by atoms with van der Waals surface area (Å²) in [6.45, 7) is 5.32. The van der Waals surface area contributed by atoms with Crippen molar-refractivity contribution in [2.45, 2.75) is 26.4 Å². The van der Waals surface area contributed by atoms with Crippen LogP contribution in [0, 0.1) is 12.7 Å². The second-order valence-electron chi connectivity index (χ2n) is 8.36. The van der Waals surface area contributed by atoms with E-state index in [1.165, 1.54) is 18.2 Å². The highest BCUT2D eigenvalue weighted by Gasteiger charge is 2.23. The first-order chi connectivity index (χ1) is 16.8. The predicted octanol–water partition coefficient (Wildman–Crippen LogP) is 4.16. The van der Waals surface area contributed by atoms with Gasteiger partial charge in [0.05, 0.1) is 6.61 Å². The largest absolute Gasteiger partial charge is 0.488 e. The lowest BCUT2D eigenvalue weighted by Crippen LogP contribution is -2.42. The van der Waals surface area contributed by atoms with Crippen LogP contribution >= 0.6 is 0 Å². The van der Waals surface area contributed by atoms with E-state index in [2.05, 4.69) is 15.5 Å². The Labute approximate surface area is 202 Å². The molecule has 2 amide bonds. The molecule has 1 aliphatic heterocycles. The number of benzene rings is 2. The van der Waals surface area contributed by atoms with E-state index in [1.54, 1.807) is 30.2 Å². The molecule has 0 aliphatic carbocycles. The second kappa shape index (κ2) is 10.6. The maximum Gasteiger partial charge on any atom is 0.257 e. The predicted molar refractivity (Wildman–Crippen MR) is 127 cm³/mol. The molecule has 0 saturated carbocycles. The van der Waals surface area contributed by atoms with Gasteiger partial charge in [-0.25, -0.2) is 4.39 Å². The van der Waals surface area contributed by atoms with Gasteiger partial charge in [-0.15, -0.1) is 0 Å². The average molecular weight is 483 g/mol. The molecule has 35 heavy (non-hydrogen) atoms. The number of aromatic nitrogens is 2. The molecule has 0 bridgehead atoms. The topological polar surface area (TPSA) is 106 Å². The summed E-state index contributed by atoms with van der Waals surface area (Å²) >= 11 is 0. The van der Waals surface area contributed by atoms with Crippen LogP contribution in [0.4, 0.5) is 10.2 Å². The first-order valence-corrected chi connectivity index (χ1v) is 11.2. The van der Waals surface area contributed by atoms with E-state index in [9.17, 15) is 14.0 Å². The van der Waals surface area contributed by atoms with E-state index in [0.717, 1.165) is 18.2 Å². The zero-order valence-corrected chi connectivity index (χ0v) is 19.8. The van der Waals surface area contributed by atoms with Gasteiger partial charge in [0.15, 0.2) is 17.4 Å². The van der Waals surface area contributed by atoms with E-state index < -0.39 is 11.7 Å². The number of methoxy groups -OCH3 is 1. The van der Waals surface area contributed by atoms with E-state index in [1.807, 2.05) is 13.8 Å². The zero-order valence-electron chi connectivity index (χ0n) is 19.8. The van der Waals surface area contributed by atoms with Crippen molar-refractivity contribution in [3.63, 3.8) is 0 Å². The Kier molecular flexibility index (Phi) is 7.31. The lowest BCUT2D eigenvalue weighted by Gasteiger charge is -2.30. The van der Waals surface area contributed by atoms with Crippen LogP contribution in [0.15, 0.2) is 42.5 Å². The molecule has 1 fully saturated rings. The highest BCUT2D eigenvalue weighted by Crippen LogP contribution is 2.31. The Bertz CT molecular complexity index is 1220. The van der Waals surface area contributed by atoms with Gasteiger partial charge in [0.1, 0.15) is 17.6 Å². The maximum atomic E-state index is 14.8. The van der Waals surface area contributed by atoms with E-state index >= 15 is 0 Å². The standard InChI is InChI=1S/C25H27FN4O5/c1-15-9-23(29-28-15)27-24(31)18-10-19(34-16(2)14-33-3)13-20(11-18)35-22-6-5-17(12-21(22)26)25(32)30-7-4-8-30/h5-6,9-13,16H,4,7-8,14H2,1-3H3,(H2,27,28,29,31). The average Bonchev–Trinajstić information content (AvgIpc) is 3.18. The first kappa shape index (κ1) is 24.2. The molecule has 1 aromatic heterocycles. The van der Waals surface area contributed by atoms with Gasteiger partial charge in [-0.2, -0.15) is 5.10 Å². The summed E-state index contributed by atoms with van der Waals surface area (Å²) in [5, 5.41) is 9.46. The highest BCUT2D eigenvalue weighted by atomic mass is 19.1. The zero-order chi connectivity index (χ0) is 24.9. The molecule has 1 atom stereocenters. The minimum atomic E-state index is -0.687. The number of nitrogens with zero attached hydrogens (tertiary/aromatic N) is 2. The molecule has 2 aromatic carbocycles. The number of anilines is 1. The third-order valence-corrected chi connectivity index (χ3v) is 5.38. The summed E-state index contributed by atoms with van der Waals surface area (Å²) in [4.78, 5) is 26.9. The van der Waals surface area contributed by atoms with Crippen molar-refractivity contribution in [1.82, 2.24) is 15.1 Å². The molecule has 1 saturated heterocycles. The summed E-state index contributed by atoms with van der Waals surface area (Å²) in [5.41, 5.74) is 1.28. The highest BCUT2D eigenvalue weighted by molar-refractivity contribution is 6.04. The molecule has 9 nitrogen and oxygen atoms in total. The molecular weight excluding hydrogens is 455 g/mol. The first-order valence-electron chi connectivity index (χ1n) is 11.2.